The maximum Gasteiger partial charge on any atom is 0.306 e. The summed E-state index contributed by atoms with van der Waals surface area (Å²) in [6, 6.07) is 0. The van der Waals surface area contributed by atoms with Gasteiger partial charge in [0.1, 0.15) is 0 Å². The monoisotopic (exact) mass is 510 g/mol. The van der Waals surface area contributed by atoms with Crippen LogP contribution in [0.3, 0.4) is 0 Å². The lowest BCUT2D eigenvalue weighted by Gasteiger charge is -2.56. The molecule has 0 aromatic rings. The molecule has 4 nitrogen and oxygen atoms in total. The Balaban J connectivity index is 1.97. The van der Waals surface area contributed by atoms with Gasteiger partial charge in [0.25, 0.3) is 0 Å². The predicted molar refractivity (Wildman–Crippen MR) is 151 cm³/mol. The van der Waals surface area contributed by atoms with E-state index in [9.17, 15) is 14.7 Å². The molecule has 1 N–H and O–H groups in total. The Kier molecular flexibility index (Phi) is 8.71. The van der Waals surface area contributed by atoms with E-state index < -0.39 is 5.97 Å². The lowest BCUT2D eigenvalue weighted by atomic mass is 9.48. The van der Waals surface area contributed by atoms with Gasteiger partial charge in [-0.1, -0.05) is 71.1 Å². The Morgan fingerprint density at radius 2 is 1.81 bits per heavy atom. The quantitative estimate of drug-likeness (QED) is 0.224. The molecule has 0 aromatic carbocycles. The number of carboxylic acid groups (broad SMARTS) is 1. The molecule has 0 aromatic heterocycles. The van der Waals surface area contributed by atoms with Crippen LogP contribution in [0.25, 0.3) is 0 Å². The summed E-state index contributed by atoms with van der Waals surface area (Å²) in [5.74, 6) is -0.393. The van der Waals surface area contributed by atoms with E-state index in [1.54, 1.807) is 0 Å². The number of rotatable bonds is 11. The van der Waals surface area contributed by atoms with Gasteiger partial charge >= 0.3 is 11.9 Å². The summed E-state index contributed by atoms with van der Waals surface area (Å²) in [5, 5.41) is 10.3. The number of carbonyl (C=O) groups excluding carboxylic acids is 1. The summed E-state index contributed by atoms with van der Waals surface area (Å²) in [6.07, 6.45) is 11.1. The van der Waals surface area contributed by atoms with E-state index in [1.165, 1.54) is 11.1 Å². The van der Waals surface area contributed by atoms with Crippen molar-refractivity contribution in [3.8, 4) is 0 Å². The van der Waals surface area contributed by atoms with Crippen molar-refractivity contribution in [2.24, 2.45) is 39.9 Å². The summed E-state index contributed by atoms with van der Waals surface area (Å²) in [5.41, 5.74) is 4.65. The highest BCUT2D eigenvalue weighted by atomic mass is 16.5. The van der Waals surface area contributed by atoms with Crippen molar-refractivity contribution in [2.45, 2.75) is 99.8 Å². The van der Waals surface area contributed by atoms with E-state index in [2.05, 4.69) is 66.9 Å². The Morgan fingerprint density at radius 1 is 1.14 bits per heavy atom. The molecule has 0 saturated heterocycles. The fraction of sp³-hybridized carbons (Fsp3) is 0.697. The zero-order chi connectivity index (χ0) is 27.8. The van der Waals surface area contributed by atoms with Crippen molar-refractivity contribution < 1.29 is 19.4 Å². The number of esters is 1. The van der Waals surface area contributed by atoms with Crippen molar-refractivity contribution in [2.75, 3.05) is 6.61 Å². The lowest BCUT2D eigenvalue weighted by Crippen LogP contribution is -2.48. The smallest absolute Gasteiger partial charge is 0.306 e. The van der Waals surface area contributed by atoms with Crippen LogP contribution in [0.5, 0.6) is 0 Å². The summed E-state index contributed by atoms with van der Waals surface area (Å²) in [4.78, 5) is 24.9. The Hall–Kier alpha value is -2.10. The van der Waals surface area contributed by atoms with Gasteiger partial charge in [0.15, 0.2) is 0 Å². The van der Waals surface area contributed by atoms with Crippen molar-refractivity contribution >= 4 is 11.9 Å². The molecule has 0 spiro atoms. The molecule has 0 unspecified atom stereocenters. The average Bonchev–Trinajstić information content (AvgIpc) is 3.09. The number of hydrogen-bond donors (Lipinski definition) is 1. The summed E-state index contributed by atoms with van der Waals surface area (Å²) in [6.45, 7) is 24.2. The molecule has 3 aliphatic rings. The normalized spacial score (nSPS) is 33.6. The number of allylic oxidation sites excluding steroid dienone is 6. The Labute approximate surface area is 225 Å². The first-order chi connectivity index (χ1) is 17.2. The Bertz CT molecular complexity index is 1000. The van der Waals surface area contributed by atoms with Crippen molar-refractivity contribution in [1.82, 2.24) is 0 Å². The SMILES string of the molecule is C=C(CC[C@H](C(=O)O)[C@@H]1CC[C@]2(C)C3=CC[C@H](C(=C)C)[C@@](C)(CCC(=O)OCC)C3=CC[C@@]12C)C(C)C. The van der Waals surface area contributed by atoms with Crippen LogP contribution < -0.4 is 0 Å². The van der Waals surface area contributed by atoms with Crippen LogP contribution in [-0.4, -0.2) is 23.7 Å². The first-order valence-electron chi connectivity index (χ1n) is 14.4. The molecule has 3 aliphatic carbocycles. The topological polar surface area (TPSA) is 63.6 Å². The number of carboxylic acids is 1. The molecule has 4 heteroatoms. The minimum atomic E-state index is -0.666. The zero-order valence-corrected chi connectivity index (χ0v) is 24.4. The molecule has 6 atom stereocenters. The van der Waals surface area contributed by atoms with Gasteiger partial charge in [0.05, 0.1) is 12.5 Å². The van der Waals surface area contributed by atoms with Gasteiger partial charge in [-0.2, -0.15) is 0 Å². The third-order valence-corrected chi connectivity index (χ3v) is 10.7. The van der Waals surface area contributed by atoms with Crippen LogP contribution in [0, 0.1) is 39.9 Å². The lowest BCUT2D eigenvalue weighted by molar-refractivity contribution is -0.146. The largest absolute Gasteiger partial charge is 0.481 e. The molecule has 0 heterocycles. The van der Waals surface area contributed by atoms with E-state index in [4.69, 9.17) is 4.74 Å². The van der Waals surface area contributed by atoms with Crippen LogP contribution in [0.4, 0.5) is 0 Å². The van der Waals surface area contributed by atoms with Crippen LogP contribution in [0.15, 0.2) is 47.6 Å². The first kappa shape index (κ1) is 29.5. The van der Waals surface area contributed by atoms with Crippen LogP contribution in [0.2, 0.25) is 0 Å². The second-order valence-electron chi connectivity index (χ2n) is 13.0. The Morgan fingerprint density at radius 3 is 2.38 bits per heavy atom. The minimum absolute atomic E-state index is 0.0876. The van der Waals surface area contributed by atoms with Gasteiger partial charge in [0, 0.05) is 6.42 Å². The van der Waals surface area contributed by atoms with Gasteiger partial charge in [-0.3, -0.25) is 9.59 Å². The molecule has 0 radical (unpaired) electrons. The molecule has 0 amide bonds. The second-order valence-corrected chi connectivity index (χ2v) is 13.0. The van der Waals surface area contributed by atoms with Gasteiger partial charge in [-0.05, 0) is 104 Å². The van der Waals surface area contributed by atoms with Gasteiger partial charge in [-0.25, -0.2) is 0 Å². The third-order valence-electron chi connectivity index (χ3n) is 10.7. The van der Waals surface area contributed by atoms with Crippen LogP contribution in [0.1, 0.15) is 99.8 Å². The highest BCUT2D eigenvalue weighted by Gasteiger charge is 2.62. The number of fused-ring (bicyclic) bond motifs is 3. The van der Waals surface area contributed by atoms with E-state index in [0.29, 0.717) is 25.4 Å². The number of hydrogen-bond acceptors (Lipinski definition) is 3. The number of aliphatic carboxylic acids is 1. The van der Waals surface area contributed by atoms with E-state index >= 15 is 0 Å². The summed E-state index contributed by atoms with van der Waals surface area (Å²) in [7, 11) is 0. The number of carbonyl (C=O) groups is 2. The van der Waals surface area contributed by atoms with E-state index in [0.717, 1.165) is 49.7 Å². The molecule has 37 heavy (non-hydrogen) atoms. The molecule has 0 bridgehead atoms. The maximum absolute atomic E-state index is 12.6. The number of ether oxygens (including phenoxy) is 1. The third kappa shape index (κ3) is 5.14. The van der Waals surface area contributed by atoms with Gasteiger partial charge in [-0.15, -0.1) is 0 Å². The van der Waals surface area contributed by atoms with Crippen molar-refractivity contribution in [3.63, 3.8) is 0 Å². The van der Waals surface area contributed by atoms with Crippen molar-refractivity contribution in [1.29, 1.82) is 0 Å². The summed E-state index contributed by atoms with van der Waals surface area (Å²) < 4.78 is 5.27. The predicted octanol–water partition coefficient (Wildman–Crippen LogP) is 8.30. The maximum atomic E-state index is 12.6. The standard InChI is InChI=1S/C33H50O4/c1-10-37-29(34)17-18-31(7)25(22(4)5)13-14-28-27(31)16-20-32(8)26(15-19-33(28,32)9)24(30(35)36)12-11-23(6)21(2)3/h14,16,21,24-26H,4,6,10-13,15,17-20H2,1-3,5,7-9H3,(H,35,36)/t24-,25+,26-,31+,32-,33+/m0/s1. The van der Waals surface area contributed by atoms with Crippen LogP contribution >= 0.6 is 0 Å². The average molecular weight is 511 g/mol. The van der Waals surface area contributed by atoms with Crippen molar-refractivity contribution in [3.05, 3.63) is 47.6 Å². The zero-order valence-electron chi connectivity index (χ0n) is 24.4. The highest BCUT2D eigenvalue weighted by molar-refractivity contribution is 5.71. The highest BCUT2D eigenvalue weighted by Crippen LogP contribution is 2.70. The van der Waals surface area contributed by atoms with E-state index in [1.807, 2.05) is 6.92 Å². The molecule has 1 saturated carbocycles. The van der Waals surface area contributed by atoms with E-state index in [-0.39, 0.29) is 40.0 Å². The first-order valence-corrected chi connectivity index (χ1v) is 14.4. The molecule has 1 fully saturated rings. The summed E-state index contributed by atoms with van der Waals surface area (Å²) >= 11 is 0. The molecule has 206 valence electrons. The molecular weight excluding hydrogens is 460 g/mol. The molecule has 3 rings (SSSR count). The fourth-order valence-electron chi connectivity index (χ4n) is 7.98. The molecule has 0 aliphatic heterocycles. The second kappa shape index (κ2) is 10.9. The van der Waals surface area contributed by atoms with Gasteiger partial charge in [0.2, 0.25) is 0 Å². The van der Waals surface area contributed by atoms with Gasteiger partial charge < -0.3 is 9.84 Å². The molecular formula is C33H50O4. The minimum Gasteiger partial charge on any atom is -0.481 e. The fourth-order valence-corrected chi connectivity index (χ4v) is 7.98. The van der Waals surface area contributed by atoms with Crippen LogP contribution in [-0.2, 0) is 14.3 Å².